The highest BCUT2D eigenvalue weighted by molar-refractivity contribution is 5.97. The first kappa shape index (κ1) is 20.2. The van der Waals surface area contributed by atoms with Gasteiger partial charge in [-0.05, 0) is 36.5 Å². The van der Waals surface area contributed by atoms with Crippen LogP contribution >= 0.6 is 0 Å². The lowest BCUT2D eigenvalue weighted by Crippen LogP contribution is -2.41. The second-order valence-electron chi connectivity index (χ2n) is 7.56. The number of nitrogens with zero attached hydrogens (tertiary/aromatic N) is 1. The van der Waals surface area contributed by atoms with Crippen molar-refractivity contribution in [3.8, 4) is 5.75 Å². The molecule has 2 heterocycles. The minimum Gasteiger partial charge on any atom is -0.493 e. The molecule has 1 saturated heterocycles. The number of carbonyl (C=O) groups is 1. The summed E-state index contributed by atoms with van der Waals surface area (Å²) in [5.74, 6) is 0.604. The molecule has 3 aromatic rings. The largest absolute Gasteiger partial charge is 0.493 e. The maximum atomic E-state index is 12.9. The number of methoxy groups -OCH3 is 1. The van der Waals surface area contributed by atoms with Gasteiger partial charge in [0.2, 0.25) is 0 Å². The van der Waals surface area contributed by atoms with Gasteiger partial charge in [0.05, 0.1) is 13.7 Å². The zero-order valence-electron chi connectivity index (χ0n) is 17.0. The summed E-state index contributed by atoms with van der Waals surface area (Å²) in [6, 6.07) is 17.0. The molecule has 0 atom stereocenters. The highest BCUT2D eigenvalue weighted by Crippen LogP contribution is 2.25. The lowest BCUT2D eigenvalue weighted by Gasteiger charge is -2.31. The van der Waals surface area contributed by atoms with Crippen molar-refractivity contribution in [3.63, 3.8) is 0 Å². The third-order valence-corrected chi connectivity index (χ3v) is 5.54. The monoisotopic (exact) mass is 407 g/mol. The van der Waals surface area contributed by atoms with Gasteiger partial charge in [-0.2, -0.15) is 0 Å². The van der Waals surface area contributed by atoms with Crippen molar-refractivity contribution in [2.45, 2.75) is 19.4 Å². The van der Waals surface area contributed by atoms with Gasteiger partial charge in [0.25, 0.3) is 5.91 Å². The summed E-state index contributed by atoms with van der Waals surface area (Å²) >= 11 is 0. The van der Waals surface area contributed by atoms with Gasteiger partial charge in [0.15, 0.2) is 11.3 Å². The Balaban J connectivity index is 1.36. The van der Waals surface area contributed by atoms with E-state index in [4.69, 9.17) is 13.9 Å². The van der Waals surface area contributed by atoms with Crippen LogP contribution in [0.2, 0.25) is 0 Å². The standard InChI is InChI=1S/C24H25NO5/c1-28-21-9-5-8-19-14-20(24(27)30-22(19)21)23(26)25-12-10-18(11-13-25)16-29-15-17-6-3-2-4-7-17/h2-9,14,18H,10-13,15-16H2,1H3. The fourth-order valence-corrected chi connectivity index (χ4v) is 3.82. The lowest BCUT2D eigenvalue weighted by atomic mass is 9.97. The van der Waals surface area contributed by atoms with Crippen LogP contribution in [0.5, 0.6) is 5.75 Å². The van der Waals surface area contributed by atoms with Crippen molar-refractivity contribution in [1.29, 1.82) is 0 Å². The Morgan fingerprint density at radius 3 is 2.60 bits per heavy atom. The van der Waals surface area contributed by atoms with E-state index in [2.05, 4.69) is 0 Å². The van der Waals surface area contributed by atoms with E-state index in [0.717, 1.165) is 18.4 Å². The van der Waals surface area contributed by atoms with Gasteiger partial charge in [0, 0.05) is 25.1 Å². The predicted molar refractivity (Wildman–Crippen MR) is 114 cm³/mol. The van der Waals surface area contributed by atoms with E-state index in [-0.39, 0.29) is 11.5 Å². The van der Waals surface area contributed by atoms with Crippen molar-refractivity contribution in [3.05, 3.63) is 76.1 Å². The molecular weight excluding hydrogens is 382 g/mol. The molecule has 30 heavy (non-hydrogen) atoms. The van der Waals surface area contributed by atoms with Gasteiger partial charge in [-0.1, -0.05) is 42.5 Å². The zero-order chi connectivity index (χ0) is 20.9. The van der Waals surface area contributed by atoms with Crippen LogP contribution in [0.25, 0.3) is 11.0 Å². The summed E-state index contributed by atoms with van der Waals surface area (Å²) in [6.45, 7) is 2.48. The van der Waals surface area contributed by atoms with Crippen LogP contribution in [0.15, 0.2) is 63.8 Å². The molecule has 1 aromatic heterocycles. The van der Waals surface area contributed by atoms with E-state index in [1.807, 2.05) is 30.3 Å². The number of likely N-dealkylation sites (tertiary alicyclic amines) is 1. The number of amides is 1. The second-order valence-corrected chi connectivity index (χ2v) is 7.56. The fraction of sp³-hybridized carbons (Fsp3) is 0.333. The Morgan fingerprint density at radius 1 is 1.10 bits per heavy atom. The average Bonchev–Trinajstić information content (AvgIpc) is 2.79. The molecule has 1 fully saturated rings. The van der Waals surface area contributed by atoms with Crippen molar-refractivity contribution in [1.82, 2.24) is 4.90 Å². The predicted octanol–water partition coefficient (Wildman–Crippen LogP) is 3.87. The minimum atomic E-state index is -0.634. The van der Waals surface area contributed by atoms with Crippen molar-refractivity contribution in [2.75, 3.05) is 26.8 Å². The number of ether oxygens (including phenoxy) is 2. The molecule has 0 radical (unpaired) electrons. The molecule has 6 nitrogen and oxygen atoms in total. The van der Waals surface area contributed by atoms with E-state index in [0.29, 0.717) is 48.9 Å². The summed E-state index contributed by atoms with van der Waals surface area (Å²) < 4.78 is 16.5. The quantitative estimate of drug-likeness (QED) is 0.580. The maximum Gasteiger partial charge on any atom is 0.349 e. The van der Waals surface area contributed by atoms with Crippen LogP contribution < -0.4 is 10.4 Å². The van der Waals surface area contributed by atoms with Crippen LogP contribution in [-0.2, 0) is 11.3 Å². The molecule has 1 aliphatic heterocycles. The van der Waals surface area contributed by atoms with Gasteiger partial charge in [-0.3, -0.25) is 4.79 Å². The summed E-state index contributed by atoms with van der Waals surface area (Å²) in [5, 5.41) is 0.668. The zero-order valence-corrected chi connectivity index (χ0v) is 17.0. The highest BCUT2D eigenvalue weighted by atomic mass is 16.5. The third-order valence-electron chi connectivity index (χ3n) is 5.54. The lowest BCUT2D eigenvalue weighted by molar-refractivity contribution is 0.0476. The summed E-state index contributed by atoms with van der Waals surface area (Å²) in [7, 11) is 1.52. The van der Waals surface area contributed by atoms with Gasteiger partial charge in [-0.25, -0.2) is 4.79 Å². The molecular formula is C24H25NO5. The Hall–Kier alpha value is -3.12. The summed E-state index contributed by atoms with van der Waals surface area (Å²) in [4.78, 5) is 27.1. The van der Waals surface area contributed by atoms with E-state index in [1.165, 1.54) is 7.11 Å². The fourth-order valence-electron chi connectivity index (χ4n) is 3.82. The Morgan fingerprint density at radius 2 is 1.87 bits per heavy atom. The second kappa shape index (κ2) is 9.13. The van der Waals surface area contributed by atoms with Crippen LogP contribution in [0.4, 0.5) is 0 Å². The number of hydrogen-bond donors (Lipinski definition) is 0. The number of piperidine rings is 1. The van der Waals surface area contributed by atoms with Gasteiger partial charge < -0.3 is 18.8 Å². The molecule has 1 aliphatic rings. The SMILES string of the molecule is COc1cccc2cc(C(=O)N3CCC(COCc4ccccc4)CC3)c(=O)oc12. The van der Waals surface area contributed by atoms with Gasteiger partial charge in [-0.15, -0.1) is 0 Å². The molecule has 0 spiro atoms. The van der Waals surface area contributed by atoms with E-state index < -0.39 is 5.63 Å². The number of rotatable bonds is 6. The van der Waals surface area contributed by atoms with Crippen LogP contribution in [0.3, 0.4) is 0 Å². The first-order valence-corrected chi connectivity index (χ1v) is 10.2. The van der Waals surface area contributed by atoms with E-state index in [9.17, 15) is 9.59 Å². The van der Waals surface area contributed by atoms with Crippen molar-refractivity contribution >= 4 is 16.9 Å². The molecule has 2 aromatic carbocycles. The van der Waals surface area contributed by atoms with Gasteiger partial charge >= 0.3 is 5.63 Å². The molecule has 4 rings (SSSR count). The number of para-hydroxylation sites is 1. The maximum absolute atomic E-state index is 12.9. The highest BCUT2D eigenvalue weighted by Gasteiger charge is 2.26. The summed E-state index contributed by atoms with van der Waals surface area (Å²) in [5.41, 5.74) is 0.945. The Bertz CT molecular complexity index is 1070. The first-order chi connectivity index (χ1) is 14.7. The Kier molecular flexibility index (Phi) is 6.14. The van der Waals surface area contributed by atoms with Crippen LogP contribution in [0.1, 0.15) is 28.8 Å². The molecule has 6 heteroatoms. The van der Waals surface area contributed by atoms with Crippen molar-refractivity contribution in [2.24, 2.45) is 5.92 Å². The smallest absolute Gasteiger partial charge is 0.349 e. The average molecular weight is 407 g/mol. The molecule has 0 N–H and O–H groups in total. The molecule has 156 valence electrons. The molecule has 1 amide bonds. The number of carbonyl (C=O) groups excluding carboxylic acids is 1. The first-order valence-electron chi connectivity index (χ1n) is 10.2. The molecule has 0 bridgehead atoms. The minimum absolute atomic E-state index is 0.0644. The van der Waals surface area contributed by atoms with E-state index in [1.54, 1.807) is 29.2 Å². The molecule has 0 saturated carbocycles. The van der Waals surface area contributed by atoms with E-state index >= 15 is 0 Å². The number of benzene rings is 2. The molecule has 0 aliphatic carbocycles. The Labute approximate surface area is 175 Å². The molecule has 0 unspecified atom stereocenters. The summed E-state index contributed by atoms with van der Waals surface area (Å²) in [6.07, 6.45) is 1.71. The third kappa shape index (κ3) is 4.39. The van der Waals surface area contributed by atoms with Gasteiger partial charge in [0.1, 0.15) is 5.56 Å². The number of fused-ring (bicyclic) bond motifs is 1. The van der Waals surface area contributed by atoms with Crippen LogP contribution in [-0.4, -0.2) is 37.6 Å². The normalized spacial score (nSPS) is 14.8. The topological polar surface area (TPSA) is 69.0 Å². The van der Waals surface area contributed by atoms with Crippen LogP contribution in [0, 0.1) is 5.92 Å². The van der Waals surface area contributed by atoms with Crippen molar-refractivity contribution < 1.29 is 18.7 Å². The number of hydrogen-bond acceptors (Lipinski definition) is 5.